The first-order valence-corrected chi connectivity index (χ1v) is 6.76. The fourth-order valence-electron chi connectivity index (χ4n) is 3.27. The monoisotopic (exact) mass is 298 g/mol. The summed E-state index contributed by atoms with van der Waals surface area (Å²) < 4.78 is 0. The average molecular weight is 298 g/mol. The molecule has 1 fully saturated rings. The van der Waals surface area contributed by atoms with Crippen LogP contribution < -0.4 is 39.8 Å². The fourth-order valence-corrected chi connectivity index (χ4v) is 3.27. The topological polar surface area (TPSA) is 46.1 Å². The summed E-state index contributed by atoms with van der Waals surface area (Å²) in [5.74, 6) is 0.0959. The minimum Gasteiger partial charge on any atom is -0.872 e. The summed E-state index contributed by atoms with van der Waals surface area (Å²) in [6.45, 7) is 0. The van der Waals surface area contributed by atoms with E-state index in [9.17, 15) is 10.2 Å². The first kappa shape index (κ1) is 19.1. The van der Waals surface area contributed by atoms with Gasteiger partial charge in [-0.1, -0.05) is 61.4 Å². The summed E-state index contributed by atoms with van der Waals surface area (Å²) in [5.41, 5.74) is 2.38. The molecule has 0 aliphatic heterocycles. The number of rotatable bonds is 2. The molecule has 1 aliphatic rings. The van der Waals surface area contributed by atoms with E-state index in [4.69, 9.17) is 0 Å². The molecule has 1 saturated carbocycles. The van der Waals surface area contributed by atoms with E-state index in [0.29, 0.717) is 0 Å². The van der Waals surface area contributed by atoms with E-state index >= 15 is 0 Å². The molecule has 0 aromatic heterocycles. The van der Waals surface area contributed by atoms with Crippen LogP contribution in [0.1, 0.15) is 36.8 Å². The van der Waals surface area contributed by atoms with E-state index in [1.165, 1.54) is 24.0 Å². The van der Waals surface area contributed by atoms with Crippen molar-refractivity contribution in [3.8, 4) is 11.5 Å². The van der Waals surface area contributed by atoms with E-state index in [-0.39, 0.29) is 76.0 Å². The molecule has 2 aromatic rings. The van der Waals surface area contributed by atoms with Crippen LogP contribution in [-0.2, 0) is 5.41 Å². The second-order valence-corrected chi connectivity index (χ2v) is 5.34. The van der Waals surface area contributed by atoms with E-state index in [2.05, 4.69) is 0 Å². The summed E-state index contributed by atoms with van der Waals surface area (Å²) in [6.07, 6.45) is 4.56. The molecule has 0 heterocycles. The molecule has 1 radical (unpaired) electrons. The van der Waals surface area contributed by atoms with Crippen molar-refractivity contribution in [1.82, 2.24) is 0 Å². The molecule has 0 N–H and O–H groups in total. The van der Waals surface area contributed by atoms with E-state index in [1.807, 2.05) is 24.3 Å². The van der Waals surface area contributed by atoms with Gasteiger partial charge >= 0.3 is 29.6 Å². The van der Waals surface area contributed by atoms with Crippen molar-refractivity contribution < 1.29 is 39.8 Å². The maximum atomic E-state index is 11.3. The standard InChI is InChI=1S/C17H18O2.2Na/c18-15-7-3-13(4-8-15)17(11-1-2-12-17)14-5-9-16(19)10-6-14;;/h3-10,18-19H,1-2,11-12H2;;/q;;+1/p-2. The summed E-state index contributed by atoms with van der Waals surface area (Å²) in [5, 5.41) is 22.6. The molecule has 4 heteroatoms. The van der Waals surface area contributed by atoms with E-state index in [0.717, 1.165) is 12.8 Å². The van der Waals surface area contributed by atoms with Gasteiger partial charge in [0.1, 0.15) is 0 Å². The maximum Gasteiger partial charge on any atom is 1.00 e. The Morgan fingerprint density at radius 3 is 1.33 bits per heavy atom. The Morgan fingerprint density at radius 1 is 0.667 bits per heavy atom. The molecule has 0 saturated heterocycles. The first-order chi connectivity index (χ1) is 9.21. The zero-order valence-corrected chi connectivity index (χ0v) is 16.8. The molecule has 0 unspecified atom stereocenters. The van der Waals surface area contributed by atoms with Crippen LogP contribution in [0.5, 0.6) is 11.5 Å². The third-order valence-electron chi connectivity index (χ3n) is 4.27. The molecule has 3 rings (SSSR count). The zero-order chi connectivity index (χ0) is 13.3. The molecule has 2 aromatic carbocycles. The number of hydrogen-bond acceptors (Lipinski definition) is 2. The van der Waals surface area contributed by atoms with Crippen molar-refractivity contribution in [1.29, 1.82) is 0 Å². The van der Waals surface area contributed by atoms with Gasteiger partial charge in [0.15, 0.2) is 0 Å². The minimum absolute atomic E-state index is 0. The SMILES string of the molecule is [Na+].[Na].[O-]c1ccc(C2(c3ccc([O-])cc3)CCCC2)cc1. The van der Waals surface area contributed by atoms with Gasteiger partial charge in [-0.05, 0) is 24.0 Å². The van der Waals surface area contributed by atoms with Gasteiger partial charge in [-0.3, -0.25) is 0 Å². The summed E-state index contributed by atoms with van der Waals surface area (Å²) in [4.78, 5) is 0. The maximum absolute atomic E-state index is 11.3. The zero-order valence-electron chi connectivity index (χ0n) is 12.8. The van der Waals surface area contributed by atoms with Crippen LogP contribution in [0.15, 0.2) is 48.5 Å². The molecule has 21 heavy (non-hydrogen) atoms. The van der Waals surface area contributed by atoms with Crippen molar-refractivity contribution in [2.24, 2.45) is 0 Å². The van der Waals surface area contributed by atoms with E-state index in [1.54, 1.807) is 24.3 Å². The third-order valence-corrected chi connectivity index (χ3v) is 4.27. The van der Waals surface area contributed by atoms with Crippen LogP contribution in [-0.4, -0.2) is 29.6 Å². The second-order valence-electron chi connectivity index (χ2n) is 5.34. The van der Waals surface area contributed by atoms with Crippen LogP contribution in [0.4, 0.5) is 0 Å². The Labute approximate surface area is 170 Å². The molecule has 0 spiro atoms. The van der Waals surface area contributed by atoms with Crippen molar-refractivity contribution in [3.05, 3.63) is 59.7 Å². The molecule has 0 amide bonds. The van der Waals surface area contributed by atoms with Gasteiger partial charge in [-0.25, -0.2) is 0 Å². The molecule has 99 valence electrons. The fraction of sp³-hybridized carbons (Fsp3) is 0.294. The largest absolute Gasteiger partial charge is 1.00 e. The molecule has 0 atom stereocenters. The smallest absolute Gasteiger partial charge is 0.872 e. The second kappa shape index (κ2) is 8.05. The number of benzene rings is 2. The van der Waals surface area contributed by atoms with Gasteiger partial charge in [-0.15, -0.1) is 11.5 Å². The van der Waals surface area contributed by atoms with Crippen LogP contribution >= 0.6 is 0 Å². The Hall–Kier alpha value is 0.0400. The predicted molar refractivity (Wildman–Crippen MR) is 76.8 cm³/mol. The Kier molecular flexibility index (Phi) is 7.32. The summed E-state index contributed by atoms with van der Waals surface area (Å²) in [6, 6.07) is 14.3. The van der Waals surface area contributed by atoms with Gasteiger partial charge in [0.05, 0.1) is 0 Å². The molecular weight excluding hydrogens is 282 g/mol. The normalized spacial score (nSPS) is 15.8. The predicted octanol–water partition coefficient (Wildman–Crippen LogP) is -0.683. The molecular formula is C17H16Na2O2-. The van der Waals surface area contributed by atoms with Gasteiger partial charge in [0.25, 0.3) is 0 Å². The molecule has 1 aliphatic carbocycles. The van der Waals surface area contributed by atoms with Crippen LogP contribution in [0.2, 0.25) is 0 Å². The van der Waals surface area contributed by atoms with Crippen LogP contribution in [0.3, 0.4) is 0 Å². The van der Waals surface area contributed by atoms with Crippen molar-refractivity contribution in [2.75, 3.05) is 0 Å². The first-order valence-electron chi connectivity index (χ1n) is 6.76. The van der Waals surface area contributed by atoms with Gasteiger partial charge in [0.2, 0.25) is 0 Å². The third kappa shape index (κ3) is 3.87. The Bertz CT molecular complexity index is 511. The van der Waals surface area contributed by atoms with Crippen LogP contribution in [0.25, 0.3) is 0 Å². The Balaban J connectivity index is 0.00000110. The minimum atomic E-state index is -0.0125. The number of hydrogen-bond donors (Lipinski definition) is 0. The van der Waals surface area contributed by atoms with Crippen molar-refractivity contribution >= 4 is 29.6 Å². The van der Waals surface area contributed by atoms with Gasteiger partial charge in [0, 0.05) is 35.0 Å². The van der Waals surface area contributed by atoms with Gasteiger partial charge < -0.3 is 10.2 Å². The van der Waals surface area contributed by atoms with Crippen LogP contribution in [0, 0.1) is 0 Å². The van der Waals surface area contributed by atoms with Crippen molar-refractivity contribution in [3.63, 3.8) is 0 Å². The molecule has 2 nitrogen and oxygen atoms in total. The Morgan fingerprint density at radius 2 is 1.00 bits per heavy atom. The summed E-state index contributed by atoms with van der Waals surface area (Å²) >= 11 is 0. The molecule has 0 bridgehead atoms. The van der Waals surface area contributed by atoms with Gasteiger partial charge in [-0.2, -0.15) is 0 Å². The van der Waals surface area contributed by atoms with E-state index < -0.39 is 0 Å². The van der Waals surface area contributed by atoms with Crippen molar-refractivity contribution in [2.45, 2.75) is 31.1 Å². The quantitative estimate of drug-likeness (QED) is 0.690. The average Bonchev–Trinajstić information content (AvgIpc) is 2.91. The summed E-state index contributed by atoms with van der Waals surface area (Å²) in [7, 11) is 0.